The largest absolute Gasteiger partial charge is 0.362 e. The Morgan fingerprint density at radius 3 is 1.75 bits per heavy atom. The smallest absolute Gasteiger partial charge is 0.245 e. The van der Waals surface area contributed by atoms with Gasteiger partial charge in [0.15, 0.2) is 0 Å². The average Bonchev–Trinajstić information content (AvgIpc) is 1.69. The van der Waals surface area contributed by atoms with Gasteiger partial charge in [0.05, 0.1) is 0 Å². The van der Waals surface area contributed by atoms with Crippen molar-refractivity contribution in [3.05, 3.63) is 5.53 Å². The highest BCUT2D eigenvalue weighted by molar-refractivity contribution is 5.12. The second-order valence-electron chi connectivity index (χ2n) is 1.94. The lowest BCUT2D eigenvalue weighted by atomic mass is 10.2. The molecule has 0 aromatic heterocycles. The first-order valence-electron chi connectivity index (χ1n) is 2.79. The molecule has 0 radical (unpaired) electrons. The molecule has 48 valence electrons. The molecule has 0 aromatic carbocycles. The van der Waals surface area contributed by atoms with Gasteiger partial charge in [-0.05, 0) is 5.92 Å². The minimum Gasteiger partial charge on any atom is -0.362 e. The summed E-state index contributed by atoms with van der Waals surface area (Å²) in [5.41, 5.74) is 7.08. The molecule has 0 rings (SSSR count). The van der Waals surface area contributed by atoms with Crippen LogP contribution in [-0.4, -0.2) is 11.5 Å². The van der Waals surface area contributed by atoms with E-state index in [0.717, 1.165) is 5.92 Å². The van der Waals surface area contributed by atoms with Crippen LogP contribution < -0.4 is 0 Å². The molecule has 0 aliphatic heterocycles. The summed E-state index contributed by atoms with van der Waals surface area (Å²) in [6.07, 6.45) is 1.31. The second kappa shape index (κ2) is 9.63. The van der Waals surface area contributed by atoms with Gasteiger partial charge in [0.2, 0.25) is 6.72 Å². The Hall–Kier alpha value is -0.620. The summed E-state index contributed by atoms with van der Waals surface area (Å²) in [5.74, 6) is 0.884. The van der Waals surface area contributed by atoms with E-state index in [4.69, 9.17) is 5.53 Å². The zero-order chi connectivity index (χ0) is 6.99. The van der Waals surface area contributed by atoms with E-state index < -0.39 is 0 Å². The van der Waals surface area contributed by atoms with E-state index in [1.807, 2.05) is 0 Å². The van der Waals surface area contributed by atoms with E-state index in [9.17, 15) is 0 Å². The van der Waals surface area contributed by atoms with Crippen LogP contribution in [-0.2, 0) is 0 Å². The van der Waals surface area contributed by atoms with E-state index in [1.165, 1.54) is 6.42 Å². The molecule has 0 saturated heterocycles. The zero-order valence-electron chi connectivity index (χ0n) is 5.89. The van der Waals surface area contributed by atoms with Gasteiger partial charge in [0.25, 0.3) is 0 Å². The van der Waals surface area contributed by atoms with Crippen LogP contribution in [0.5, 0.6) is 0 Å². The standard InChI is InChI=1S/C5H12.CH2N2/c1-4-5(2)3;1-3-2/h5H,4H2,1-3H3;1H2. The number of rotatable bonds is 1. The van der Waals surface area contributed by atoms with Crippen molar-refractivity contribution < 1.29 is 4.79 Å². The van der Waals surface area contributed by atoms with Crippen molar-refractivity contribution in [1.82, 2.24) is 0 Å². The lowest BCUT2D eigenvalue weighted by Crippen LogP contribution is -1.77. The van der Waals surface area contributed by atoms with Gasteiger partial charge in [0.1, 0.15) is 0 Å². The first-order valence-corrected chi connectivity index (χ1v) is 2.79. The average molecular weight is 114 g/mol. The highest BCUT2D eigenvalue weighted by Gasteiger charge is 1.80. The Morgan fingerprint density at radius 1 is 1.62 bits per heavy atom. The number of nitrogens with zero attached hydrogens (tertiary/aromatic N) is 2. The molecular formula is C6H14N2. The quantitative estimate of drug-likeness (QED) is 0.284. The molecule has 2 nitrogen and oxygen atoms in total. The van der Waals surface area contributed by atoms with Gasteiger partial charge in [-0.1, -0.05) is 27.2 Å². The number of hydrogen-bond donors (Lipinski definition) is 0. The summed E-state index contributed by atoms with van der Waals surface area (Å²) in [7, 11) is 0. The van der Waals surface area contributed by atoms with E-state index in [-0.39, 0.29) is 0 Å². The summed E-state index contributed by atoms with van der Waals surface area (Å²) < 4.78 is 0. The molecule has 8 heavy (non-hydrogen) atoms. The lowest BCUT2D eigenvalue weighted by molar-refractivity contribution is 0.0110. The van der Waals surface area contributed by atoms with Crippen molar-refractivity contribution in [2.45, 2.75) is 27.2 Å². The maximum Gasteiger partial charge on any atom is 0.245 e. The predicted octanol–water partition coefficient (Wildman–Crippen LogP) is 1.97. The molecule has 2 heteroatoms. The van der Waals surface area contributed by atoms with E-state index in [1.54, 1.807) is 0 Å². The van der Waals surface area contributed by atoms with Crippen molar-refractivity contribution in [3.8, 4) is 0 Å². The Bertz CT molecular complexity index is 60.9. The molecule has 0 amide bonds. The molecular weight excluding hydrogens is 100 g/mol. The van der Waals surface area contributed by atoms with Gasteiger partial charge in [0, 0.05) is 0 Å². The molecule has 0 fully saturated rings. The maximum atomic E-state index is 7.08. The fourth-order valence-corrected chi connectivity index (χ4v) is 0. The molecule has 0 N–H and O–H groups in total. The summed E-state index contributed by atoms with van der Waals surface area (Å²) in [6, 6.07) is 0. The van der Waals surface area contributed by atoms with E-state index in [2.05, 4.69) is 32.3 Å². The fraction of sp³-hybridized carbons (Fsp3) is 0.833. The Morgan fingerprint density at radius 2 is 1.75 bits per heavy atom. The molecule has 0 aliphatic carbocycles. The van der Waals surface area contributed by atoms with Gasteiger partial charge in [-0.3, -0.25) is 0 Å². The van der Waals surface area contributed by atoms with E-state index in [0.29, 0.717) is 0 Å². The highest BCUT2D eigenvalue weighted by Crippen LogP contribution is 1.93. The van der Waals surface area contributed by atoms with Crippen molar-refractivity contribution in [2.24, 2.45) is 5.92 Å². The van der Waals surface area contributed by atoms with Crippen LogP contribution in [0.4, 0.5) is 0 Å². The minimum absolute atomic E-state index is 0.884. The minimum atomic E-state index is 0.884. The van der Waals surface area contributed by atoms with Gasteiger partial charge < -0.3 is 5.53 Å². The third kappa shape index (κ3) is 54.2. The van der Waals surface area contributed by atoms with Crippen LogP contribution in [0.3, 0.4) is 0 Å². The Labute approximate surface area is 51.2 Å². The normalized spacial score (nSPS) is 7.00. The van der Waals surface area contributed by atoms with Crippen molar-refractivity contribution in [2.75, 3.05) is 0 Å². The molecule has 0 aromatic rings. The van der Waals surface area contributed by atoms with Gasteiger partial charge >= 0.3 is 0 Å². The Balaban J connectivity index is 0. The lowest BCUT2D eigenvalue weighted by Gasteiger charge is -1.90. The first kappa shape index (κ1) is 10.4. The molecule has 0 heterocycles. The Kier molecular flexibility index (Phi) is 12.5. The number of hydrogen-bond acceptors (Lipinski definition) is 0. The third-order valence-electron chi connectivity index (χ3n) is 0.816. The molecule has 0 spiro atoms. The van der Waals surface area contributed by atoms with E-state index >= 15 is 0 Å². The van der Waals surface area contributed by atoms with Crippen molar-refractivity contribution >= 4 is 6.72 Å². The maximum absolute atomic E-state index is 7.08. The van der Waals surface area contributed by atoms with Crippen LogP contribution in [0, 0.1) is 5.92 Å². The molecule has 0 atom stereocenters. The van der Waals surface area contributed by atoms with Gasteiger partial charge in [-0.25, -0.2) is 0 Å². The topological polar surface area (TPSA) is 36.4 Å². The summed E-state index contributed by atoms with van der Waals surface area (Å²) >= 11 is 0. The zero-order valence-corrected chi connectivity index (χ0v) is 5.89. The summed E-state index contributed by atoms with van der Waals surface area (Å²) in [6.45, 7) is 9.31. The van der Waals surface area contributed by atoms with Crippen LogP contribution >= 0.6 is 0 Å². The monoisotopic (exact) mass is 114 g/mol. The van der Waals surface area contributed by atoms with Crippen LogP contribution in [0.15, 0.2) is 0 Å². The second-order valence-corrected chi connectivity index (χ2v) is 1.94. The summed E-state index contributed by atoms with van der Waals surface area (Å²) in [5, 5.41) is 0. The van der Waals surface area contributed by atoms with Crippen LogP contribution in [0.2, 0.25) is 0 Å². The van der Waals surface area contributed by atoms with Crippen LogP contribution in [0.25, 0.3) is 5.53 Å². The first-order chi connectivity index (χ1) is 3.68. The van der Waals surface area contributed by atoms with Gasteiger partial charge in [-0.15, -0.1) is 0 Å². The van der Waals surface area contributed by atoms with Crippen molar-refractivity contribution in [1.29, 1.82) is 0 Å². The molecule has 0 aliphatic rings. The summed E-state index contributed by atoms with van der Waals surface area (Å²) in [4.78, 5) is 2.25. The molecule has 0 bridgehead atoms. The highest BCUT2D eigenvalue weighted by atomic mass is 14.8. The van der Waals surface area contributed by atoms with Gasteiger partial charge in [-0.2, -0.15) is 4.79 Å². The van der Waals surface area contributed by atoms with Crippen LogP contribution in [0.1, 0.15) is 27.2 Å². The SMILES string of the molecule is C=[N+]=[N-].CCC(C)C. The third-order valence-corrected chi connectivity index (χ3v) is 0.816. The predicted molar refractivity (Wildman–Crippen MR) is 35.9 cm³/mol. The fourth-order valence-electron chi connectivity index (χ4n) is 0. The molecule has 0 unspecified atom stereocenters. The molecule has 0 saturated carbocycles. The van der Waals surface area contributed by atoms with Crippen molar-refractivity contribution in [3.63, 3.8) is 0 Å².